The molecule has 14 heavy (non-hydrogen) atoms. The highest BCUT2D eigenvalue weighted by molar-refractivity contribution is 5.75. The number of nitrogens with one attached hydrogen (secondary N) is 1. The van der Waals surface area contributed by atoms with E-state index in [2.05, 4.69) is 10.3 Å². The zero-order chi connectivity index (χ0) is 10.4. The molecule has 1 amide bonds. The van der Waals surface area contributed by atoms with E-state index in [0.717, 1.165) is 38.9 Å². The van der Waals surface area contributed by atoms with Gasteiger partial charge >= 0.3 is 0 Å². The molecule has 0 saturated carbocycles. The van der Waals surface area contributed by atoms with E-state index in [9.17, 15) is 4.79 Å². The summed E-state index contributed by atoms with van der Waals surface area (Å²) in [5.74, 6) is 4.90. The Morgan fingerprint density at radius 1 is 1.43 bits per heavy atom. The van der Waals surface area contributed by atoms with E-state index in [1.807, 2.05) is 0 Å². The maximum atomic E-state index is 10.8. The standard InChI is InChI=1S/C9H20N4O/c10-8-3-6-13(7-4-8)5-1-2-9(14)12-11/h8H,1-7,10-11H2,(H,12,14). The van der Waals surface area contributed by atoms with Crippen molar-refractivity contribution in [2.75, 3.05) is 19.6 Å². The third-order valence-electron chi connectivity index (χ3n) is 2.67. The van der Waals surface area contributed by atoms with E-state index in [-0.39, 0.29) is 5.91 Å². The first-order chi connectivity index (χ1) is 6.72. The number of hydrogen-bond donors (Lipinski definition) is 3. The van der Waals surface area contributed by atoms with Crippen LogP contribution in [0.5, 0.6) is 0 Å². The molecule has 0 aromatic rings. The van der Waals surface area contributed by atoms with Crippen LogP contribution < -0.4 is 17.0 Å². The molecule has 0 bridgehead atoms. The number of likely N-dealkylation sites (tertiary alicyclic amines) is 1. The topological polar surface area (TPSA) is 84.4 Å². The Morgan fingerprint density at radius 3 is 2.64 bits per heavy atom. The Hall–Kier alpha value is -0.650. The van der Waals surface area contributed by atoms with Crippen molar-refractivity contribution in [2.45, 2.75) is 31.7 Å². The van der Waals surface area contributed by atoms with E-state index in [1.165, 1.54) is 0 Å². The highest BCUT2D eigenvalue weighted by Gasteiger charge is 2.15. The molecule has 0 spiro atoms. The SMILES string of the molecule is NNC(=O)CCCN1CCC(N)CC1. The van der Waals surface area contributed by atoms with Crippen molar-refractivity contribution < 1.29 is 4.79 Å². The van der Waals surface area contributed by atoms with Crippen LogP contribution in [0.2, 0.25) is 0 Å². The highest BCUT2D eigenvalue weighted by atomic mass is 16.2. The van der Waals surface area contributed by atoms with E-state index in [4.69, 9.17) is 11.6 Å². The molecule has 0 unspecified atom stereocenters. The summed E-state index contributed by atoms with van der Waals surface area (Å²) in [4.78, 5) is 13.2. The summed E-state index contributed by atoms with van der Waals surface area (Å²) in [6, 6.07) is 0.374. The minimum atomic E-state index is -0.0845. The lowest BCUT2D eigenvalue weighted by molar-refractivity contribution is -0.121. The number of amides is 1. The van der Waals surface area contributed by atoms with Gasteiger partial charge in [-0.25, -0.2) is 5.84 Å². The number of piperidine rings is 1. The number of nitrogens with zero attached hydrogens (tertiary/aromatic N) is 1. The number of carbonyl (C=O) groups is 1. The molecule has 0 atom stereocenters. The van der Waals surface area contributed by atoms with Crippen LogP contribution in [0.4, 0.5) is 0 Å². The van der Waals surface area contributed by atoms with Gasteiger partial charge in [-0.2, -0.15) is 0 Å². The minimum absolute atomic E-state index is 0.0845. The van der Waals surface area contributed by atoms with Gasteiger partial charge in [0.2, 0.25) is 5.91 Å². The molecule has 1 fully saturated rings. The van der Waals surface area contributed by atoms with E-state index >= 15 is 0 Å². The fourth-order valence-corrected chi connectivity index (χ4v) is 1.71. The molecule has 1 saturated heterocycles. The second kappa shape index (κ2) is 5.95. The van der Waals surface area contributed by atoms with Gasteiger partial charge in [-0.05, 0) is 38.9 Å². The van der Waals surface area contributed by atoms with Crippen molar-refractivity contribution >= 4 is 5.91 Å². The fraction of sp³-hybridized carbons (Fsp3) is 0.889. The van der Waals surface area contributed by atoms with Crippen LogP contribution in [0.1, 0.15) is 25.7 Å². The van der Waals surface area contributed by atoms with Crippen molar-refractivity contribution in [2.24, 2.45) is 11.6 Å². The summed E-state index contributed by atoms with van der Waals surface area (Å²) in [5.41, 5.74) is 7.92. The van der Waals surface area contributed by atoms with Gasteiger partial charge in [-0.1, -0.05) is 0 Å². The first-order valence-corrected chi connectivity index (χ1v) is 5.19. The average Bonchev–Trinajstić information content (AvgIpc) is 2.21. The second-order valence-electron chi connectivity index (χ2n) is 3.85. The highest BCUT2D eigenvalue weighted by Crippen LogP contribution is 2.08. The molecule has 1 rings (SSSR count). The molecule has 0 radical (unpaired) electrons. The molecule has 1 aliphatic heterocycles. The molecule has 0 aromatic heterocycles. The summed E-state index contributed by atoms with van der Waals surface area (Å²) in [5, 5.41) is 0. The first kappa shape index (κ1) is 11.4. The average molecular weight is 200 g/mol. The number of rotatable bonds is 4. The van der Waals surface area contributed by atoms with Crippen LogP contribution in [-0.4, -0.2) is 36.5 Å². The number of nitrogens with two attached hydrogens (primary N) is 2. The normalized spacial score (nSPS) is 19.6. The Labute approximate surface area is 84.8 Å². The molecule has 0 aliphatic carbocycles. The fourth-order valence-electron chi connectivity index (χ4n) is 1.71. The molecule has 5 nitrogen and oxygen atoms in total. The van der Waals surface area contributed by atoms with Crippen molar-refractivity contribution in [3.63, 3.8) is 0 Å². The molecule has 0 aromatic carbocycles. The molecular formula is C9H20N4O. The predicted octanol–water partition coefficient (Wildman–Crippen LogP) is -0.820. The number of hydrogen-bond acceptors (Lipinski definition) is 4. The zero-order valence-corrected chi connectivity index (χ0v) is 8.54. The summed E-state index contributed by atoms with van der Waals surface area (Å²) >= 11 is 0. The van der Waals surface area contributed by atoms with Crippen molar-refractivity contribution in [1.29, 1.82) is 0 Å². The number of hydrazine groups is 1. The lowest BCUT2D eigenvalue weighted by Gasteiger charge is -2.29. The quantitative estimate of drug-likeness (QED) is 0.314. The van der Waals surface area contributed by atoms with Gasteiger partial charge < -0.3 is 10.6 Å². The van der Waals surface area contributed by atoms with Crippen molar-refractivity contribution in [1.82, 2.24) is 10.3 Å². The van der Waals surface area contributed by atoms with Crippen LogP contribution in [-0.2, 0) is 4.79 Å². The van der Waals surface area contributed by atoms with Gasteiger partial charge in [0.1, 0.15) is 0 Å². The zero-order valence-electron chi connectivity index (χ0n) is 8.54. The van der Waals surface area contributed by atoms with Gasteiger partial charge in [-0.3, -0.25) is 10.2 Å². The number of carbonyl (C=O) groups excluding carboxylic acids is 1. The van der Waals surface area contributed by atoms with Crippen LogP contribution in [0.15, 0.2) is 0 Å². The Kier molecular flexibility index (Phi) is 4.86. The Morgan fingerprint density at radius 2 is 2.07 bits per heavy atom. The van der Waals surface area contributed by atoms with Crippen LogP contribution >= 0.6 is 0 Å². The van der Waals surface area contributed by atoms with E-state index in [0.29, 0.717) is 12.5 Å². The van der Waals surface area contributed by atoms with Gasteiger partial charge in [0.05, 0.1) is 0 Å². The minimum Gasteiger partial charge on any atom is -0.328 e. The molecule has 1 aliphatic rings. The van der Waals surface area contributed by atoms with Crippen LogP contribution in [0.25, 0.3) is 0 Å². The molecule has 1 heterocycles. The van der Waals surface area contributed by atoms with Gasteiger partial charge in [0.15, 0.2) is 0 Å². The van der Waals surface area contributed by atoms with Crippen molar-refractivity contribution in [3.8, 4) is 0 Å². The van der Waals surface area contributed by atoms with Crippen LogP contribution in [0, 0.1) is 0 Å². The summed E-state index contributed by atoms with van der Waals surface area (Å²) < 4.78 is 0. The van der Waals surface area contributed by atoms with Gasteiger partial charge in [-0.15, -0.1) is 0 Å². The third kappa shape index (κ3) is 4.04. The van der Waals surface area contributed by atoms with Gasteiger partial charge in [0.25, 0.3) is 0 Å². The lowest BCUT2D eigenvalue weighted by atomic mass is 10.1. The van der Waals surface area contributed by atoms with Crippen molar-refractivity contribution in [3.05, 3.63) is 0 Å². The maximum Gasteiger partial charge on any atom is 0.233 e. The Balaban J connectivity index is 2.04. The summed E-state index contributed by atoms with van der Waals surface area (Å²) in [7, 11) is 0. The Bertz CT molecular complexity index is 178. The molecule has 82 valence electrons. The summed E-state index contributed by atoms with van der Waals surface area (Å²) in [6.45, 7) is 3.09. The third-order valence-corrected chi connectivity index (χ3v) is 2.67. The smallest absolute Gasteiger partial charge is 0.233 e. The van der Waals surface area contributed by atoms with Gasteiger partial charge in [0, 0.05) is 12.5 Å². The largest absolute Gasteiger partial charge is 0.328 e. The second-order valence-corrected chi connectivity index (χ2v) is 3.85. The summed E-state index contributed by atoms with van der Waals surface area (Å²) in [6.07, 6.45) is 3.53. The predicted molar refractivity (Wildman–Crippen MR) is 55.2 cm³/mol. The van der Waals surface area contributed by atoms with E-state index < -0.39 is 0 Å². The lowest BCUT2D eigenvalue weighted by Crippen LogP contribution is -2.40. The molecular weight excluding hydrogens is 180 g/mol. The molecule has 5 heteroatoms. The monoisotopic (exact) mass is 200 g/mol. The first-order valence-electron chi connectivity index (χ1n) is 5.19. The van der Waals surface area contributed by atoms with E-state index in [1.54, 1.807) is 0 Å². The van der Waals surface area contributed by atoms with Crippen LogP contribution in [0.3, 0.4) is 0 Å². The maximum absolute atomic E-state index is 10.8. The molecule has 5 N–H and O–H groups in total.